The van der Waals surface area contributed by atoms with Crippen LogP contribution in [0.25, 0.3) is 0 Å². The van der Waals surface area contributed by atoms with Crippen LogP contribution >= 0.6 is 0 Å². The molecule has 6 heteroatoms. The van der Waals surface area contributed by atoms with E-state index in [9.17, 15) is 5.11 Å². The third-order valence-corrected chi connectivity index (χ3v) is 9.48. The standard InChI is InChI=1S/C28H39N5O.C10H20/c1-19(2)20(3)15-25(29-6)26-16-27(23-8-7-9-23)33-18-24(14-21(4)28(33)30-26)32-11-10-31(12-13-34)22(5)17-32;1-5-7-8-10(4)9(3)6-2/h14-16,18,22,34H,1,7-13,17H2,2-6H3;8-9H,5-7H2,1-4H3/b20-15+,29-25?;10-8-/t22-;/m1./s1. The van der Waals surface area contributed by atoms with Crippen molar-refractivity contribution >= 4 is 11.5 Å². The van der Waals surface area contributed by atoms with Gasteiger partial charge in [0.05, 0.1) is 23.7 Å². The lowest BCUT2D eigenvalue weighted by Gasteiger charge is -2.43. The zero-order valence-corrected chi connectivity index (χ0v) is 29.2. The molecule has 1 N–H and O–H groups in total. The molecule has 2 fully saturated rings. The van der Waals surface area contributed by atoms with Crippen LogP contribution in [0.5, 0.6) is 0 Å². The average Bonchev–Trinajstić information content (AvgIpc) is 2.98. The van der Waals surface area contributed by atoms with Crippen LogP contribution < -0.4 is 0 Å². The summed E-state index contributed by atoms with van der Waals surface area (Å²) in [6, 6.07) is 0.412. The van der Waals surface area contributed by atoms with Crippen molar-refractivity contribution < 1.29 is 5.11 Å². The number of allylic oxidation sites excluding steroid dienone is 8. The van der Waals surface area contributed by atoms with Gasteiger partial charge in [-0.05, 0) is 108 Å². The molecule has 44 heavy (non-hydrogen) atoms. The summed E-state index contributed by atoms with van der Waals surface area (Å²) in [4.78, 5) is 16.8. The molecule has 1 unspecified atom stereocenters. The number of hydrogen-bond donors (Lipinski definition) is 1. The molecule has 0 aromatic heterocycles. The molecule has 242 valence electrons. The summed E-state index contributed by atoms with van der Waals surface area (Å²) in [5.41, 5.74) is 10.7. The third-order valence-electron chi connectivity index (χ3n) is 9.48. The Morgan fingerprint density at radius 2 is 1.91 bits per heavy atom. The van der Waals surface area contributed by atoms with E-state index < -0.39 is 0 Å². The lowest BCUT2D eigenvalue weighted by molar-refractivity contribution is 0.0865. The molecule has 4 rings (SSSR count). The van der Waals surface area contributed by atoms with Crippen LogP contribution in [-0.2, 0) is 0 Å². The SMILES string of the molecule is C=C(C)/C(C)=C/C(=NC)C1=CC(=C2CCC2)N2C=C(N3CCN(CCO)[C@H](C)C3)C=C(C)C2=N1.CCC/C=C(/C)C(C)CC. The number of aliphatic imine (C=N–C) groups is 2. The highest BCUT2D eigenvalue weighted by atomic mass is 16.3. The van der Waals surface area contributed by atoms with Crippen molar-refractivity contribution in [1.29, 1.82) is 0 Å². The van der Waals surface area contributed by atoms with Gasteiger partial charge in [0.25, 0.3) is 0 Å². The Hall–Kier alpha value is -2.96. The third kappa shape index (κ3) is 9.04. The molecular weight excluding hydrogens is 542 g/mol. The summed E-state index contributed by atoms with van der Waals surface area (Å²) < 4.78 is 0. The zero-order chi connectivity index (χ0) is 32.4. The molecule has 0 spiro atoms. The Bertz CT molecular complexity index is 1280. The van der Waals surface area contributed by atoms with Gasteiger partial charge in [-0.15, -0.1) is 0 Å². The number of unbranched alkanes of at least 4 members (excludes halogenated alkanes) is 1. The van der Waals surface area contributed by atoms with Gasteiger partial charge in [0.15, 0.2) is 0 Å². The number of piperazine rings is 1. The summed E-state index contributed by atoms with van der Waals surface area (Å²) in [6.07, 6.45) is 18.5. The topological polar surface area (TPSA) is 54.7 Å². The summed E-state index contributed by atoms with van der Waals surface area (Å²) >= 11 is 0. The zero-order valence-electron chi connectivity index (χ0n) is 29.2. The van der Waals surface area contributed by atoms with Crippen molar-refractivity contribution in [2.75, 3.05) is 39.8 Å². The molecule has 4 aliphatic rings. The van der Waals surface area contributed by atoms with Gasteiger partial charge in [0.1, 0.15) is 5.84 Å². The van der Waals surface area contributed by atoms with Crippen LogP contribution in [0.15, 0.2) is 92.0 Å². The number of rotatable bonds is 10. The smallest absolute Gasteiger partial charge is 0.140 e. The number of nitrogens with zero attached hydrogens (tertiary/aromatic N) is 5. The molecule has 2 atom stereocenters. The second kappa shape index (κ2) is 16.9. The first-order chi connectivity index (χ1) is 21.0. The highest BCUT2D eigenvalue weighted by Gasteiger charge is 2.31. The van der Waals surface area contributed by atoms with Crippen LogP contribution in [0.2, 0.25) is 0 Å². The van der Waals surface area contributed by atoms with E-state index in [2.05, 4.69) is 105 Å². The first kappa shape index (κ1) is 35.5. The Labute approximate surface area is 268 Å². The monoisotopic (exact) mass is 601 g/mol. The van der Waals surface area contributed by atoms with Crippen molar-refractivity contribution in [3.8, 4) is 0 Å². The molecule has 0 aromatic carbocycles. The molecule has 0 aromatic rings. The van der Waals surface area contributed by atoms with Crippen molar-refractivity contribution in [2.24, 2.45) is 15.9 Å². The van der Waals surface area contributed by atoms with Gasteiger partial charge in [0.2, 0.25) is 0 Å². The summed E-state index contributed by atoms with van der Waals surface area (Å²) in [6.45, 7) is 25.4. The maximum absolute atomic E-state index is 9.36. The van der Waals surface area contributed by atoms with E-state index in [1.165, 1.54) is 48.2 Å². The number of fused-ring (bicyclic) bond motifs is 1. The molecule has 0 bridgehead atoms. The molecule has 3 heterocycles. The Balaban J connectivity index is 0.000000456. The van der Waals surface area contributed by atoms with Crippen LogP contribution in [0.3, 0.4) is 0 Å². The van der Waals surface area contributed by atoms with E-state index >= 15 is 0 Å². The maximum atomic E-state index is 9.36. The molecule has 3 aliphatic heterocycles. The van der Waals surface area contributed by atoms with E-state index in [4.69, 9.17) is 4.99 Å². The Morgan fingerprint density at radius 1 is 1.18 bits per heavy atom. The van der Waals surface area contributed by atoms with Gasteiger partial charge in [-0.25, -0.2) is 4.99 Å². The Kier molecular flexibility index (Phi) is 13.7. The number of aliphatic hydroxyl groups is 1. The van der Waals surface area contributed by atoms with E-state index in [0.717, 1.165) is 73.3 Å². The van der Waals surface area contributed by atoms with Gasteiger partial charge in [0, 0.05) is 51.2 Å². The normalized spacial score (nSPS) is 22.2. The molecule has 1 aliphatic carbocycles. The van der Waals surface area contributed by atoms with Crippen molar-refractivity contribution in [2.45, 2.75) is 100.0 Å². The fourth-order valence-electron chi connectivity index (χ4n) is 5.73. The fourth-order valence-corrected chi connectivity index (χ4v) is 5.73. The molecule has 1 saturated heterocycles. The summed E-state index contributed by atoms with van der Waals surface area (Å²) in [7, 11) is 1.83. The van der Waals surface area contributed by atoms with E-state index in [-0.39, 0.29) is 6.61 Å². The van der Waals surface area contributed by atoms with Crippen LogP contribution in [0, 0.1) is 5.92 Å². The number of hydrogen-bond acceptors (Lipinski definition) is 6. The van der Waals surface area contributed by atoms with Crippen molar-refractivity contribution in [3.63, 3.8) is 0 Å². The van der Waals surface area contributed by atoms with Crippen LogP contribution in [0.4, 0.5) is 0 Å². The van der Waals surface area contributed by atoms with Crippen molar-refractivity contribution in [3.05, 3.63) is 82.0 Å². The highest BCUT2D eigenvalue weighted by Crippen LogP contribution is 2.37. The lowest BCUT2D eigenvalue weighted by Crippen LogP contribution is -2.52. The number of β-amino-alcohol motifs (C(OH)–C–C–N with tert-alkyl or cyclic N) is 1. The van der Waals surface area contributed by atoms with Gasteiger partial charge in [-0.3, -0.25) is 14.8 Å². The van der Waals surface area contributed by atoms with Crippen LogP contribution in [0.1, 0.15) is 93.9 Å². The molecular formula is C38H59N5O. The van der Waals surface area contributed by atoms with Gasteiger partial charge < -0.3 is 10.0 Å². The molecule has 0 radical (unpaired) electrons. The number of amidine groups is 1. The lowest BCUT2D eigenvalue weighted by atomic mass is 9.88. The van der Waals surface area contributed by atoms with Gasteiger partial charge in [-0.2, -0.15) is 0 Å². The predicted octanol–water partition coefficient (Wildman–Crippen LogP) is 8.19. The highest BCUT2D eigenvalue weighted by molar-refractivity contribution is 6.13. The predicted molar refractivity (Wildman–Crippen MR) is 190 cm³/mol. The minimum atomic E-state index is 0.218. The van der Waals surface area contributed by atoms with Crippen LogP contribution in [-0.4, -0.2) is 77.2 Å². The first-order valence-corrected chi connectivity index (χ1v) is 16.8. The number of aliphatic hydroxyl groups excluding tert-OH is 1. The molecule has 6 nitrogen and oxygen atoms in total. The Morgan fingerprint density at radius 3 is 2.45 bits per heavy atom. The van der Waals surface area contributed by atoms with E-state index in [0.29, 0.717) is 6.04 Å². The minimum Gasteiger partial charge on any atom is -0.395 e. The van der Waals surface area contributed by atoms with E-state index in [1.54, 1.807) is 5.57 Å². The fraction of sp³-hybridized carbons (Fsp3) is 0.579. The minimum absolute atomic E-state index is 0.218. The molecule has 1 saturated carbocycles. The second-order valence-corrected chi connectivity index (χ2v) is 12.9. The van der Waals surface area contributed by atoms with Crippen molar-refractivity contribution in [1.82, 2.24) is 14.7 Å². The summed E-state index contributed by atoms with van der Waals surface area (Å²) in [5.74, 6) is 1.77. The largest absolute Gasteiger partial charge is 0.395 e. The first-order valence-electron chi connectivity index (χ1n) is 16.8. The van der Waals surface area contributed by atoms with Gasteiger partial charge in [-0.1, -0.05) is 51.0 Å². The maximum Gasteiger partial charge on any atom is 0.140 e. The van der Waals surface area contributed by atoms with E-state index in [1.807, 2.05) is 14.0 Å². The summed E-state index contributed by atoms with van der Waals surface area (Å²) in [5, 5.41) is 9.36. The van der Waals surface area contributed by atoms with Gasteiger partial charge >= 0.3 is 0 Å². The quantitative estimate of drug-likeness (QED) is 0.156. The molecule has 0 amide bonds. The second-order valence-electron chi connectivity index (χ2n) is 12.9. The average molecular weight is 602 g/mol.